The monoisotopic (exact) mass is 321 g/mol. The molecule has 2 rings (SSSR count). The number of likely N-dealkylation sites (N-methyl/N-ethyl adjacent to an activating group) is 1. The van der Waals surface area contributed by atoms with Crippen molar-refractivity contribution in [3.05, 3.63) is 28.8 Å². The van der Waals surface area contributed by atoms with Crippen molar-refractivity contribution in [3.63, 3.8) is 0 Å². The third kappa shape index (κ3) is 4.67. The summed E-state index contributed by atoms with van der Waals surface area (Å²) < 4.78 is 5.71. The topological polar surface area (TPSA) is 48.0 Å². The fourth-order valence-corrected chi connectivity index (χ4v) is 3.44. The number of hydrogen-bond acceptors (Lipinski definition) is 5. The van der Waals surface area contributed by atoms with E-state index in [4.69, 9.17) is 4.74 Å². The van der Waals surface area contributed by atoms with E-state index < -0.39 is 0 Å². The van der Waals surface area contributed by atoms with Crippen LogP contribution in [0.25, 0.3) is 0 Å². The van der Waals surface area contributed by atoms with Crippen LogP contribution in [0.1, 0.15) is 22.7 Å². The molecule has 0 aromatic heterocycles. The number of piperazine rings is 1. The molecule has 5 nitrogen and oxygen atoms in total. The van der Waals surface area contributed by atoms with Crippen LogP contribution in [0.5, 0.6) is 5.75 Å². The number of benzene rings is 1. The quantitative estimate of drug-likeness (QED) is 0.790. The van der Waals surface area contributed by atoms with Crippen LogP contribution < -0.4 is 10.1 Å². The standard InChI is InChI=1S/C18H31N3O2/c1-14-11-15(2)18(23-4)16(12-14)17(20(3)9-10-22)13-21-7-5-19-6-8-21/h11-12,17,19,22H,5-10,13H2,1-4H3. The maximum Gasteiger partial charge on any atom is 0.126 e. The summed E-state index contributed by atoms with van der Waals surface area (Å²) in [6.45, 7) is 10.2. The van der Waals surface area contributed by atoms with Crippen molar-refractivity contribution in [1.29, 1.82) is 0 Å². The fraction of sp³-hybridized carbons (Fsp3) is 0.667. The molecule has 2 N–H and O–H groups in total. The van der Waals surface area contributed by atoms with Crippen LogP contribution >= 0.6 is 0 Å². The van der Waals surface area contributed by atoms with Gasteiger partial charge in [-0.25, -0.2) is 0 Å². The van der Waals surface area contributed by atoms with Gasteiger partial charge in [0, 0.05) is 44.8 Å². The van der Waals surface area contributed by atoms with Crippen LogP contribution in [-0.4, -0.2) is 74.9 Å². The largest absolute Gasteiger partial charge is 0.496 e. The molecule has 1 unspecified atom stereocenters. The van der Waals surface area contributed by atoms with Crippen molar-refractivity contribution in [2.75, 3.05) is 60.0 Å². The molecule has 0 radical (unpaired) electrons. The Morgan fingerprint density at radius 3 is 2.61 bits per heavy atom. The van der Waals surface area contributed by atoms with Gasteiger partial charge in [-0.15, -0.1) is 0 Å². The minimum absolute atomic E-state index is 0.168. The van der Waals surface area contributed by atoms with E-state index in [2.05, 4.69) is 48.1 Å². The van der Waals surface area contributed by atoms with Crippen molar-refractivity contribution in [2.24, 2.45) is 0 Å². The highest BCUT2D eigenvalue weighted by atomic mass is 16.5. The second-order valence-corrected chi connectivity index (χ2v) is 6.47. The Morgan fingerprint density at radius 2 is 2.00 bits per heavy atom. The number of methoxy groups -OCH3 is 1. The number of nitrogens with one attached hydrogen (secondary N) is 1. The smallest absolute Gasteiger partial charge is 0.126 e. The third-order valence-electron chi connectivity index (χ3n) is 4.64. The predicted octanol–water partition coefficient (Wildman–Crippen LogP) is 1.18. The summed E-state index contributed by atoms with van der Waals surface area (Å²) in [6, 6.07) is 4.61. The fourth-order valence-electron chi connectivity index (χ4n) is 3.44. The lowest BCUT2D eigenvalue weighted by atomic mass is 9.97. The van der Waals surface area contributed by atoms with Crippen LogP contribution in [0.2, 0.25) is 0 Å². The van der Waals surface area contributed by atoms with E-state index in [1.54, 1.807) is 7.11 Å². The Hall–Kier alpha value is -1.14. The molecule has 0 aliphatic carbocycles. The first-order valence-electron chi connectivity index (χ1n) is 8.46. The highest BCUT2D eigenvalue weighted by Crippen LogP contribution is 2.33. The molecule has 1 aromatic carbocycles. The van der Waals surface area contributed by atoms with Gasteiger partial charge in [-0.1, -0.05) is 17.7 Å². The molecule has 0 spiro atoms. The summed E-state index contributed by atoms with van der Waals surface area (Å²) in [7, 11) is 3.83. The maximum atomic E-state index is 9.38. The molecule has 1 saturated heterocycles. The zero-order chi connectivity index (χ0) is 16.8. The van der Waals surface area contributed by atoms with Crippen LogP contribution in [-0.2, 0) is 0 Å². The van der Waals surface area contributed by atoms with Gasteiger partial charge in [-0.2, -0.15) is 0 Å². The molecule has 1 aliphatic heterocycles. The number of rotatable bonds is 7. The van der Waals surface area contributed by atoms with Gasteiger partial charge in [0.25, 0.3) is 0 Å². The Morgan fingerprint density at radius 1 is 1.30 bits per heavy atom. The molecule has 1 aromatic rings. The second kappa shape index (κ2) is 8.64. The molecule has 23 heavy (non-hydrogen) atoms. The lowest BCUT2D eigenvalue weighted by Gasteiger charge is -2.36. The van der Waals surface area contributed by atoms with Crippen LogP contribution in [0, 0.1) is 13.8 Å². The zero-order valence-electron chi connectivity index (χ0n) is 14.9. The number of aryl methyl sites for hydroxylation is 2. The molecule has 1 fully saturated rings. The van der Waals surface area contributed by atoms with Crippen molar-refractivity contribution < 1.29 is 9.84 Å². The average Bonchev–Trinajstić information content (AvgIpc) is 2.53. The average molecular weight is 321 g/mol. The van der Waals surface area contributed by atoms with Gasteiger partial charge in [0.2, 0.25) is 0 Å². The Kier molecular flexibility index (Phi) is 6.84. The van der Waals surface area contributed by atoms with Crippen molar-refractivity contribution in [2.45, 2.75) is 19.9 Å². The van der Waals surface area contributed by atoms with Gasteiger partial charge in [-0.05, 0) is 26.5 Å². The summed E-state index contributed by atoms with van der Waals surface area (Å²) in [5.41, 5.74) is 3.64. The van der Waals surface area contributed by atoms with Gasteiger partial charge >= 0.3 is 0 Å². The lowest BCUT2D eigenvalue weighted by Crippen LogP contribution is -2.47. The maximum absolute atomic E-state index is 9.38. The summed E-state index contributed by atoms with van der Waals surface area (Å²) in [5, 5.41) is 12.8. The van der Waals surface area contributed by atoms with Gasteiger partial charge in [0.1, 0.15) is 5.75 Å². The SMILES string of the molecule is COc1c(C)cc(C)cc1C(CN1CCNCC1)N(C)CCO. The first kappa shape index (κ1) is 18.2. The highest BCUT2D eigenvalue weighted by molar-refractivity contribution is 5.45. The number of nitrogens with zero attached hydrogens (tertiary/aromatic N) is 2. The van der Waals surface area contributed by atoms with E-state index in [1.165, 1.54) is 16.7 Å². The molecule has 0 amide bonds. The molecule has 1 aliphatic rings. The van der Waals surface area contributed by atoms with E-state index in [0.717, 1.165) is 38.5 Å². The second-order valence-electron chi connectivity index (χ2n) is 6.47. The van der Waals surface area contributed by atoms with Crippen LogP contribution in [0.15, 0.2) is 12.1 Å². The number of ether oxygens (including phenoxy) is 1. The van der Waals surface area contributed by atoms with E-state index in [-0.39, 0.29) is 12.6 Å². The van der Waals surface area contributed by atoms with E-state index in [0.29, 0.717) is 6.54 Å². The first-order chi connectivity index (χ1) is 11.1. The number of aliphatic hydroxyl groups is 1. The van der Waals surface area contributed by atoms with Gasteiger partial charge in [0.15, 0.2) is 0 Å². The molecule has 0 saturated carbocycles. The summed E-state index contributed by atoms with van der Waals surface area (Å²) in [6.07, 6.45) is 0. The van der Waals surface area contributed by atoms with E-state index in [9.17, 15) is 5.11 Å². The van der Waals surface area contributed by atoms with Gasteiger partial charge < -0.3 is 15.2 Å². The third-order valence-corrected chi connectivity index (χ3v) is 4.64. The molecule has 0 bridgehead atoms. The number of hydrogen-bond donors (Lipinski definition) is 2. The van der Waals surface area contributed by atoms with Crippen LogP contribution in [0.3, 0.4) is 0 Å². The van der Waals surface area contributed by atoms with Crippen LogP contribution in [0.4, 0.5) is 0 Å². The minimum atomic E-state index is 0.168. The molecular formula is C18H31N3O2. The summed E-state index contributed by atoms with van der Waals surface area (Å²) >= 11 is 0. The summed E-state index contributed by atoms with van der Waals surface area (Å²) in [4.78, 5) is 4.73. The molecular weight excluding hydrogens is 290 g/mol. The molecule has 130 valence electrons. The Labute approximate surface area is 140 Å². The van der Waals surface area contributed by atoms with Crippen molar-refractivity contribution >= 4 is 0 Å². The lowest BCUT2D eigenvalue weighted by molar-refractivity contribution is 0.128. The van der Waals surface area contributed by atoms with Crippen molar-refractivity contribution in [3.8, 4) is 5.75 Å². The Bertz CT molecular complexity index is 501. The normalized spacial score (nSPS) is 17.5. The molecule has 1 heterocycles. The first-order valence-corrected chi connectivity index (χ1v) is 8.46. The van der Waals surface area contributed by atoms with E-state index in [1.807, 2.05) is 0 Å². The highest BCUT2D eigenvalue weighted by Gasteiger charge is 2.25. The van der Waals surface area contributed by atoms with E-state index >= 15 is 0 Å². The zero-order valence-corrected chi connectivity index (χ0v) is 14.9. The van der Waals surface area contributed by atoms with Crippen molar-refractivity contribution in [1.82, 2.24) is 15.1 Å². The molecule has 1 atom stereocenters. The Balaban J connectivity index is 2.32. The van der Waals surface area contributed by atoms with Gasteiger partial charge in [-0.3, -0.25) is 9.80 Å². The number of aliphatic hydroxyl groups excluding tert-OH is 1. The van der Waals surface area contributed by atoms with Gasteiger partial charge in [0.05, 0.1) is 19.8 Å². The predicted molar refractivity (Wildman–Crippen MR) is 94.2 cm³/mol. The minimum Gasteiger partial charge on any atom is -0.496 e. The summed E-state index contributed by atoms with van der Waals surface area (Å²) in [5.74, 6) is 0.973. The molecule has 5 heteroatoms.